The molecule has 102 valence electrons. The van der Waals surface area contributed by atoms with Crippen LogP contribution < -0.4 is 9.86 Å². The van der Waals surface area contributed by atoms with E-state index in [0.29, 0.717) is 0 Å². The maximum atomic E-state index is 11.8. The van der Waals surface area contributed by atoms with E-state index in [1.54, 1.807) is 0 Å². The predicted molar refractivity (Wildman–Crippen MR) is 67.0 cm³/mol. The monoisotopic (exact) mass is 313 g/mol. The highest BCUT2D eigenvalue weighted by Gasteiger charge is 2.17. The molecule has 0 saturated carbocycles. The molecule has 0 aromatic carbocycles. The van der Waals surface area contributed by atoms with Gasteiger partial charge in [0.05, 0.1) is 5.75 Å². The molecule has 0 spiro atoms. The van der Waals surface area contributed by atoms with Crippen molar-refractivity contribution in [3.63, 3.8) is 0 Å². The molecule has 7 nitrogen and oxygen atoms in total. The number of aromatic nitrogens is 1. The van der Waals surface area contributed by atoms with E-state index in [4.69, 9.17) is 16.7 Å². The van der Waals surface area contributed by atoms with Crippen LogP contribution in [-0.4, -0.2) is 34.1 Å². The summed E-state index contributed by atoms with van der Waals surface area (Å²) in [4.78, 5) is 3.49. The Morgan fingerprint density at radius 1 is 1.33 bits per heavy atom. The Bertz CT molecular complexity index is 615. The quantitative estimate of drug-likeness (QED) is 0.551. The number of nitrogens with zero attached hydrogens (tertiary/aromatic N) is 1. The second-order valence-electron chi connectivity index (χ2n) is 3.41. The van der Waals surface area contributed by atoms with Crippen molar-refractivity contribution in [2.45, 2.75) is 11.3 Å². The van der Waals surface area contributed by atoms with Crippen LogP contribution >= 0.6 is 11.6 Å². The van der Waals surface area contributed by atoms with Gasteiger partial charge in [-0.25, -0.2) is 31.7 Å². The van der Waals surface area contributed by atoms with Gasteiger partial charge >= 0.3 is 0 Å². The van der Waals surface area contributed by atoms with Crippen LogP contribution in [0.15, 0.2) is 23.2 Å². The Morgan fingerprint density at radius 2 is 2.00 bits per heavy atom. The molecule has 0 radical (unpaired) electrons. The van der Waals surface area contributed by atoms with Crippen molar-refractivity contribution in [3.8, 4) is 0 Å². The number of hydrogen-bond acceptors (Lipinski definition) is 5. The molecule has 1 rings (SSSR count). The number of sulfonamides is 2. The highest BCUT2D eigenvalue weighted by molar-refractivity contribution is 7.89. The van der Waals surface area contributed by atoms with Crippen LogP contribution in [0.1, 0.15) is 6.42 Å². The maximum Gasteiger partial charge on any atom is 0.243 e. The number of hydrogen-bond donors (Lipinski definition) is 2. The Kier molecular flexibility index (Phi) is 5.05. The topological polar surface area (TPSA) is 119 Å². The third kappa shape index (κ3) is 4.86. The predicted octanol–water partition coefficient (Wildman–Crippen LogP) is -0.308. The van der Waals surface area contributed by atoms with Crippen molar-refractivity contribution in [1.29, 1.82) is 0 Å². The van der Waals surface area contributed by atoms with Gasteiger partial charge in [0, 0.05) is 12.7 Å². The lowest BCUT2D eigenvalue weighted by molar-refractivity contribution is 0.576. The fourth-order valence-electron chi connectivity index (χ4n) is 1.13. The Balaban J connectivity index is 2.65. The first-order valence-corrected chi connectivity index (χ1v) is 8.41. The normalized spacial score (nSPS) is 12.6. The SMILES string of the molecule is NS(=O)(=O)CCCNS(=O)(=O)c1cccnc1Cl. The molecule has 0 amide bonds. The van der Waals surface area contributed by atoms with Gasteiger partial charge < -0.3 is 0 Å². The molecule has 10 heteroatoms. The number of halogens is 1. The van der Waals surface area contributed by atoms with Crippen LogP contribution in [0.5, 0.6) is 0 Å². The number of rotatable bonds is 6. The minimum atomic E-state index is -3.79. The average Bonchev–Trinajstić information content (AvgIpc) is 2.24. The van der Waals surface area contributed by atoms with Crippen LogP contribution in [0.3, 0.4) is 0 Å². The third-order valence-corrected chi connectivity index (χ3v) is 4.68. The Labute approximate surface area is 110 Å². The van der Waals surface area contributed by atoms with Gasteiger partial charge in [0.25, 0.3) is 0 Å². The molecule has 0 aliphatic carbocycles. The molecule has 0 atom stereocenters. The zero-order valence-corrected chi connectivity index (χ0v) is 11.6. The van der Waals surface area contributed by atoms with E-state index in [-0.39, 0.29) is 28.8 Å². The summed E-state index contributed by atoms with van der Waals surface area (Å²) in [5, 5.41) is 4.64. The molecular weight excluding hydrogens is 302 g/mol. The van der Waals surface area contributed by atoms with Crippen LogP contribution in [0, 0.1) is 0 Å². The first-order valence-electron chi connectivity index (χ1n) is 4.83. The summed E-state index contributed by atoms with van der Waals surface area (Å²) in [5.41, 5.74) is 0. The lowest BCUT2D eigenvalue weighted by Crippen LogP contribution is -2.27. The standard InChI is InChI=1S/C8H12ClN3O4S2/c9-8-7(3-1-4-11-8)18(15,16)12-5-2-6-17(10,13)14/h1,3-4,12H,2,5-6H2,(H2,10,13,14). The van der Waals surface area contributed by atoms with Crippen molar-refractivity contribution in [2.24, 2.45) is 5.14 Å². The second kappa shape index (κ2) is 5.93. The molecule has 3 N–H and O–H groups in total. The van der Waals surface area contributed by atoms with Gasteiger partial charge in [-0.2, -0.15) is 0 Å². The van der Waals surface area contributed by atoms with E-state index < -0.39 is 20.0 Å². The molecule has 0 unspecified atom stereocenters. The summed E-state index contributed by atoms with van der Waals surface area (Å²) in [6.07, 6.45) is 1.44. The van der Waals surface area contributed by atoms with Gasteiger partial charge in [0.1, 0.15) is 10.0 Å². The van der Waals surface area contributed by atoms with E-state index in [1.165, 1.54) is 18.3 Å². The van der Waals surface area contributed by atoms with Crippen molar-refractivity contribution in [2.75, 3.05) is 12.3 Å². The van der Waals surface area contributed by atoms with Gasteiger partial charge in [-0.05, 0) is 18.6 Å². The van der Waals surface area contributed by atoms with Gasteiger partial charge in [0.2, 0.25) is 20.0 Å². The van der Waals surface area contributed by atoms with Crippen molar-refractivity contribution in [3.05, 3.63) is 23.5 Å². The maximum absolute atomic E-state index is 11.8. The largest absolute Gasteiger partial charge is 0.243 e. The second-order valence-corrected chi connectivity index (χ2v) is 7.24. The molecule has 0 saturated heterocycles. The lowest BCUT2D eigenvalue weighted by atomic mass is 10.5. The summed E-state index contributed by atoms with van der Waals surface area (Å²) in [7, 11) is -7.38. The van der Waals surface area contributed by atoms with Crippen molar-refractivity contribution < 1.29 is 16.8 Å². The van der Waals surface area contributed by atoms with E-state index in [0.717, 1.165) is 0 Å². The molecule has 1 heterocycles. The molecule has 0 aliphatic rings. The third-order valence-electron chi connectivity index (χ3n) is 1.91. The van der Waals surface area contributed by atoms with E-state index in [9.17, 15) is 16.8 Å². The highest BCUT2D eigenvalue weighted by atomic mass is 35.5. The molecule has 1 aromatic heterocycles. The molecule has 0 aliphatic heterocycles. The van der Waals surface area contributed by atoms with E-state index in [1.807, 2.05) is 0 Å². The average molecular weight is 314 g/mol. The zero-order chi connectivity index (χ0) is 13.8. The minimum absolute atomic E-state index is 0.0516. The van der Waals surface area contributed by atoms with E-state index >= 15 is 0 Å². The first-order chi connectivity index (χ1) is 8.22. The van der Waals surface area contributed by atoms with Crippen LogP contribution in [-0.2, 0) is 20.0 Å². The minimum Gasteiger partial charge on any atom is -0.243 e. The number of primary sulfonamides is 1. The molecule has 0 fully saturated rings. The summed E-state index contributed by atoms with van der Waals surface area (Å²) < 4.78 is 47.0. The molecular formula is C8H12ClN3O4S2. The summed E-state index contributed by atoms with van der Waals surface area (Å²) >= 11 is 5.65. The Morgan fingerprint density at radius 3 is 2.56 bits per heavy atom. The molecule has 0 bridgehead atoms. The van der Waals surface area contributed by atoms with Gasteiger partial charge in [0.15, 0.2) is 0 Å². The molecule has 18 heavy (non-hydrogen) atoms. The van der Waals surface area contributed by atoms with Crippen LogP contribution in [0.4, 0.5) is 0 Å². The van der Waals surface area contributed by atoms with Gasteiger partial charge in [-0.3, -0.25) is 0 Å². The highest BCUT2D eigenvalue weighted by Crippen LogP contribution is 2.17. The summed E-state index contributed by atoms with van der Waals surface area (Å²) in [6, 6.07) is 2.74. The van der Waals surface area contributed by atoms with Crippen molar-refractivity contribution >= 4 is 31.6 Å². The fraction of sp³-hybridized carbons (Fsp3) is 0.375. The van der Waals surface area contributed by atoms with E-state index in [2.05, 4.69) is 9.71 Å². The number of nitrogens with two attached hydrogens (primary N) is 1. The van der Waals surface area contributed by atoms with Gasteiger partial charge in [-0.15, -0.1) is 0 Å². The van der Waals surface area contributed by atoms with Gasteiger partial charge in [-0.1, -0.05) is 11.6 Å². The Hall–Kier alpha value is -0.740. The molecule has 1 aromatic rings. The smallest absolute Gasteiger partial charge is 0.243 e. The zero-order valence-electron chi connectivity index (χ0n) is 9.21. The summed E-state index contributed by atoms with van der Waals surface area (Å²) in [6.45, 7) is -0.0516. The van der Waals surface area contributed by atoms with Crippen molar-refractivity contribution in [1.82, 2.24) is 9.71 Å². The fourth-order valence-corrected chi connectivity index (χ4v) is 3.20. The number of nitrogens with one attached hydrogen (secondary N) is 1. The number of pyridine rings is 1. The van der Waals surface area contributed by atoms with Crippen LogP contribution in [0.25, 0.3) is 0 Å². The lowest BCUT2D eigenvalue weighted by Gasteiger charge is -2.06. The first kappa shape index (κ1) is 15.3. The van der Waals surface area contributed by atoms with Crippen LogP contribution in [0.2, 0.25) is 5.15 Å². The summed E-state index contributed by atoms with van der Waals surface area (Å²) in [5.74, 6) is -0.295.